The average molecular weight is 421 g/mol. The van der Waals surface area contributed by atoms with Crippen molar-refractivity contribution in [2.75, 3.05) is 11.9 Å². The van der Waals surface area contributed by atoms with Crippen molar-refractivity contribution in [1.29, 1.82) is 0 Å². The molecule has 0 spiro atoms. The molecule has 6 nitrogen and oxygen atoms in total. The Bertz CT molecular complexity index is 1150. The number of aromatic nitrogens is 2. The van der Waals surface area contributed by atoms with Gasteiger partial charge in [-0.1, -0.05) is 12.1 Å². The Hall–Kier alpha value is -3.74. The fraction of sp³-hybridized carbons (Fsp3) is 0.208. The van der Waals surface area contributed by atoms with Gasteiger partial charge in [-0.15, -0.1) is 0 Å². The second kappa shape index (κ2) is 9.38. The Morgan fingerprint density at radius 3 is 2.52 bits per heavy atom. The lowest BCUT2D eigenvalue weighted by Crippen LogP contribution is -2.20. The van der Waals surface area contributed by atoms with E-state index >= 15 is 0 Å². The second-order valence-electron chi connectivity index (χ2n) is 7.21. The van der Waals surface area contributed by atoms with Crippen LogP contribution in [0, 0.1) is 33.5 Å². The zero-order valence-corrected chi connectivity index (χ0v) is 17.9. The van der Waals surface area contributed by atoms with Crippen LogP contribution < -0.4 is 5.32 Å². The molecule has 0 radical (unpaired) electrons. The summed E-state index contributed by atoms with van der Waals surface area (Å²) in [4.78, 5) is 24.2. The average Bonchev–Trinajstić information content (AvgIpc) is 3.02. The van der Waals surface area contributed by atoms with Gasteiger partial charge in [0.1, 0.15) is 5.82 Å². The van der Waals surface area contributed by atoms with Gasteiger partial charge in [0.2, 0.25) is 0 Å². The first kappa shape index (κ1) is 22.0. The molecule has 31 heavy (non-hydrogen) atoms. The Balaban J connectivity index is 1.62. The van der Waals surface area contributed by atoms with E-state index in [2.05, 4.69) is 10.4 Å². The molecule has 0 fully saturated rings. The number of carbonyl (C=O) groups is 2. The van der Waals surface area contributed by atoms with Crippen LogP contribution in [0.4, 0.5) is 10.1 Å². The molecule has 1 N–H and O–H groups in total. The number of rotatable bonds is 6. The van der Waals surface area contributed by atoms with Gasteiger partial charge < -0.3 is 10.1 Å². The van der Waals surface area contributed by atoms with E-state index in [0.717, 1.165) is 22.4 Å². The minimum atomic E-state index is -0.635. The number of carbonyl (C=O) groups excluding carboxylic acids is 2. The largest absolute Gasteiger partial charge is 0.452 e. The van der Waals surface area contributed by atoms with Gasteiger partial charge in [0.25, 0.3) is 5.91 Å². The van der Waals surface area contributed by atoms with Crippen molar-refractivity contribution in [2.24, 2.45) is 0 Å². The van der Waals surface area contributed by atoms with Crippen LogP contribution >= 0.6 is 0 Å². The molecule has 1 heterocycles. The quantitative estimate of drug-likeness (QED) is 0.472. The van der Waals surface area contributed by atoms with Crippen LogP contribution in [0.25, 0.3) is 11.8 Å². The van der Waals surface area contributed by atoms with Crippen molar-refractivity contribution in [3.8, 4) is 5.69 Å². The van der Waals surface area contributed by atoms with Gasteiger partial charge in [-0.05, 0) is 75.2 Å². The first-order valence-corrected chi connectivity index (χ1v) is 9.79. The molecule has 160 valence electrons. The third-order valence-electron chi connectivity index (χ3n) is 5.03. The van der Waals surface area contributed by atoms with Gasteiger partial charge in [-0.25, -0.2) is 13.9 Å². The van der Waals surface area contributed by atoms with E-state index in [4.69, 9.17) is 4.74 Å². The molecule has 1 aromatic heterocycles. The highest BCUT2D eigenvalue weighted by Crippen LogP contribution is 2.20. The summed E-state index contributed by atoms with van der Waals surface area (Å²) in [5, 5.41) is 7.19. The maximum absolute atomic E-state index is 13.2. The molecule has 3 rings (SSSR count). The minimum absolute atomic E-state index is 0.324. The molecular weight excluding hydrogens is 397 g/mol. The predicted octanol–water partition coefficient (Wildman–Crippen LogP) is 4.44. The number of amides is 1. The predicted molar refractivity (Wildman–Crippen MR) is 118 cm³/mol. The van der Waals surface area contributed by atoms with Gasteiger partial charge in [-0.3, -0.25) is 4.79 Å². The zero-order valence-electron chi connectivity index (χ0n) is 17.9. The summed E-state index contributed by atoms with van der Waals surface area (Å²) in [6.07, 6.45) is 2.86. The Morgan fingerprint density at radius 2 is 1.81 bits per heavy atom. The number of hydrogen-bond acceptors (Lipinski definition) is 4. The Kier molecular flexibility index (Phi) is 6.65. The zero-order chi connectivity index (χ0) is 22.5. The smallest absolute Gasteiger partial charge is 0.331 e. The lowest BCUT2D eigenvalue weighted by atomic mass is 10.1. The minimum Gasteiger partial charge on any atom is -0.452 e. The summed E-state index contributed by atoms with van der Waals surface area (Å²) in [6.45, 7) is 7.15. The number of aryl methyl sites for hydroxylation is 2. The van der Waals surface area contributed by atoms with Crippen LogP contribution in [0.2, 0.25) is 0 Å². The summed E-state index contributed by atoms with van der Waals surface area (Å²) < 4.78 is 19.9. The van der Waals surface area contributed by atoms with Crippen molar-refractivity contribution in [2.45, 2.75) is 27.7 Å². The number of halogens is 1. The molecule has 2 aromatic carbocycles. The molecule has 0 aliphatic heterocycles. The number of ether oxygens (including phenoxy) is 1. The summed E-state index contributed by atoms with van der Waals surface area (Å²) >= 11 is 0. The topological polar surface area (TPSA) is 73.2 Å². The van der Waals surface area contributed by atoms with E-state index < -0.39 is 11.9 Å². The number of anilines is 1. The third-order valence-corrected chi connectivity index (χ3v) is 5.03. The van der Waals surface area contributed by atoms with E-state index in [0.29, 0.717) is 17.1 Å². The van der Waals surface area contributed by atoms with Crippen LogP contribution in [-0.4, -0.2) is 28.3 Å². The van der Waals surface area contributed by atoms with Crippen molar-refractivity contribution < 1.29 is 18.7 Å². The first-order valence-electron chi connectivity index (χ1n) is 9.79. The van der Waals surface area contributed by atoms with Crippen LogP contribution in [0.3, 0.4) is 0 Å². The van der Waals surface area contributed by atoms with Gasteiger partial charge in [0, 0.05) is 23.0 Å². The second-order valence-corrected chi connectivity index (χ2v) is 7.21. The molecule has 7 heteroatoms. The highest BCUT2D eigenvalue weighted by molar-refractivity contribution is 5.95. The van der Waals surface area contributed by atoms with Crippen LogP contribution in [0.15, 0.2) is 48.5 Å². The van der Waals surface area contributed by atoms with E-state index in [-0.39, 0.29) is 12.4 Å². The van der Waals surface area contributed by atoms with Crippen LogP contribution in [0.1, 0.15) is 28.1 Å². The molecule has 3 aromatic rings. The molecule has 0 bridgehead atoms. The lowest BCUT2D eigenvalue weighted by Gasteiger charge is -2.10. The Morgan fingerprint density at radius 1 is 1.10 bits per heavy atom. The number of nitrogens with zero attached hydrogens (tertiary/aromatic N) is 2. The fourth-order valence-corrected chi connectivity index (χ4v) is 3.14. The molecule has 0 aliphatic carbocycles. The highest BCUT2D eigenvalue weighted by Gasteiger charge is 2.12. The van der Waals surface area contributed by atoms with Crippen molar-refractivity contribution >= 4 is 23.6 Å². The SMILES string of the molecule is Cc1cccc(NC(=O)COC(=O)/C=C/c2c(C)nn(-c3ccc(F)cc3)c2C)c1C. The molecule has 0 saturated carbocycles. The first-order chi connectivity index (χ1) is 14.8. The third kappa shape index (κ3) is 5.25. The molecule has 0 atom stereocenters. The van der Waals surface area contributed by atoms with Crippen LogP contribution in [0.5, 0.6) is 0 Å². The molecule has 0 unspecified atom stereocenters. The summed E-state index contributed by atoms with van der Waals surface area (Å²) in [7, 11) is 0. The van der Waals surface area contributed by atoms with Crippen molar-refractivity contribution in [3.05, 3.63) is 82.4 Å². The number of hydrogen-bond donors (Lipinski definition) is 1. The maximum atomic E-state index is 13.2. The number of benzene rings is 2. The van der Waals surface area contributed by atoms with Gasteiger partial charge in [0.05, 0.1) is 11.4 Å². The van der Waals surface area contributed by atoms with Crippen molar-refractivity contribution in [1.82, 2.24) is 9.78 Å². The number of esters is 1. The molecule has 1 amide bonds. The monoisotopic (exact) mass is 421 g/mol. The number of nitrogens with one attached hydrogen (secondary N) is 1. The van der Waals surface area contributed by atoms with Crippen LogP contribution in [-0.2, 0) is 14.3 Å². The van der Waals surface area contributed by atoms with E-state index in [1.54, 1.807) is 29.0 Å². The normalized spacial score (nSPS) is 11.0. The van der Waals surface area contributed by atoms with Gasteiger partial charge in [0.15, 0.2) is 6.61 Å². The van der Waals surface area contributed by atoms with Gasteiger partial charge >= 0.3 is 5.97 Å². The van der Waals surface area contributed by atoms with E-state index in [9.17, 15) is 14.0 Å². The summed E-state index contributed by atoms with van der Waals surface area (Å²) in [6, 6.07) is 11.6. The van der Waals surface area contributed by atoms with Gasteiger partial charge in [-0.2, -0.15) is 5.10 Å². The van der Waals surface area contributed by atoms with E-state index in [1.165, 1.54) is 18.2 Å². The van der Waals surface area contributed by atoms with E-state index in [1.807, 2.05) is 39.8 Å². The lowest BCUT2D eigenvalue weighted by molar-refractivity contribution is -0.142. The summed E-state index contributed by atoms with van der Waals surface area (Å²) in [5.74, 6) is -1.37. The molecular formula is C24H24FN3O3. The Labute approximate surface area is 180 Å². The molecule has 0 saturated heterocycles. The standard InChI is InChI=1S/C24H24FN3O3/c1-15-6-5-7-22(16(15)2)26-23(29)14-31-24(30)13-12-21-17(3)27-28(18(21)4)20-10-8-19(25)9-11-20/h5-13H,14H2,1-4H3,(H,26,29)/b13-12+. The van der Waals surface area contributed by atoms with Crippen molar-refractivity contribution in [3.63, 3.8) is 0 Å². The fourth-order valence-electron chi connectivity index (χ4n) is 3.14. The highest BCUT2D eigenvalue weighted by atomic mass is 19.1. The maximum Gasteiger partial charge on any atom is 0.331 e. The summed E-state index contributed by atoms with van der Waals surface area (Å²) in [5.41, 5.74) is 5.68. The molecule has 0 aliphatic rings.